The number of carbonyl (C=O) groups excluding carboxylic acids is 2. The van der Waals surface area contributed by atoms with Gasteiger partial charge in [-0.3, -0.25) is 4.79 Å². The van der Waals surface area contributed by atoms with Crippen LogP contribution >= 0.6 is 0 Å². The fourth-order valence-corrected chi connectivity index (χ4v) is 1.09. The number of esters is 1. The van der Waals surface area contributed by atoms with Crippen LogP contribution in [0.5, 0.6) is 0 Å². The highest BCUT2D eigenvalue weighted by atomic mass is 19.1. The number of nitriles is 1. The Bertz CT molecular complexity index is 511. The molecule has 18 heavy (non-hydrogen) atoms. The maximum absolute atomic E-state index is 13.3. The maximum atomic E-state index is 13.3. The van der Waals surface area contributed by atoms with Gasteiger partial charge in [0.2, 0.25) is 0 Å². The summed E-state index contributed by atoms with van der Waals surface area (Å²) in [6, 6.07) is 5.18. The molecule has 0 saturated carbocycles. The quantitative estimate of drug-likeness (QED) is 0.452. The number of nitrogens with two attached hydrogens (primary N) is 1. The predicted octanol–water partition coefficient (Wildman–Crippen LogP) is 0.204. The van der Waals surface area contributed by atoms with E-state index < -0.39 is 24.3 Å². The van der Waals surface area contributed by atoms with Gasteiger partial charge in [-0.2, -0.15) is 5.26 Å². The molecule has 1 amide bonds. The Morgan fingerprint density at radius 3 is 2.83 bits per heavy atom. The number of nitrogens with zero attached hydrogens (tertiary/aromatic N) is 1. The van der Waals surface area contributed by atoms with Crippen molar-refractivity contribution in [3.63, 3.8) is 0 Å². The minimum absolute atomic E-state index is 0.177. The summed E-state index contributed by atoms with van der Waals surface area (Å²) in [6.07, 6.45) is 0. The molecular weight excluding hydrogens is 241 g/mol. The topological polar surface area (TPSA) is 105 Å². The Morgan fingerprint density at radius 2 is 2.22 bits per heavy atom. The molecule has 0 radical (unpaired) electrons. The number of halogens is 1. The Kier molecular flexibility index (Phi) is 4.63. The Balaban J connectivity index is 2.56. The van der Waals surface area contributed by atoms with Gasteiger partial charge >= 0.3 is 5.97 Å². The molecule has 1 aromatic carbocycles. The molecule has 0 atom stereocenters. The van der Waals surface area contributed by atoms with Gasteiger partial charge in [-0.25, -0.2) is 9.18 Å². The van der Waals surface area contributed by atoms with E-state index in [1.807, 2.05) is 0 Å². The molecule has 1 aromatic rings. The van der Waals surface area contributed by atoms with E-state index in [1.165, 1.54) is 12.1 Å². The van der Waals surface area contributed by atoms with Gasteiger partial charge in [0, 0.05) is 5.69 Å². The SMILES string of the molecule is N#CCNC(=O)COC(=O)c1ccc(N)cc1F. The third kappa shape index (κ3) is 3.75. The van der Waals surface area contributed by atoms with Crippen LogP contribution in [-0.4, -0.2) is 25.0 Å². The van der Waals surface area contributed by atoms with Crippen molar-refractivity contribution in [1.29, 1.82) is 5.26 Å². The minimum Gasteiger partial charge on any atom is -0.452 e. The zero-order valence-corrected chi connectivity index (χ0v) is 9.27. The molecule has 0 aliphatic rings. The number of hydrogen-bond acceptors (Lipinski definition) is 5. The van der Waals surface area contributed by atoms with Crippen LogP contribution in [-0.2, 0) is 9.53 Å². The van der Waals surface area contributed by atoms with E-state index in [0.717, 1.165) is 6.07 Å². The van der Waals surface area contributed by atoms with E-state index in [1.54, 1.807) is 6.07 Å². The average Bonchev–Trinajstić information content (AvgIpc) is 2.33. The van der Waals surface area contributed by atoms with Crippen molar-refractivity contribution in [2.24, 2.45) is 0 Å². The van der Waals surface area contributed by atoms with Crippen molar-refractivity contribution in [3.8, 4) is 6.07 Å². The van der Waals surface area contributed by atoms with Crippen LogP contribution < -0.4 is 11.1 Å². The third-order valence-electron chi connectivity index (χ3n) is 1.91. The lowest BCUT2D eigenvalue weighted by atomic mass is 10.2. The third-order valence-corrected chi connectivity index (χ3v) is 1.91. The van der Waals surface area contributed by atoms with Crippen LogP contribution in [0.15, 0.2) is 18.2 Å². The largest absolute Gasteiger partial charge is 0.452 e. The standard InChI is InChI=1S/C11H10FN3O3/c12-9-5-7(14)1-2-8(9)11(17)18-6-10(16)15-4-3-13/h1-2,5H,4,6,14H2,(H,15,16). The summed E-state index contributed by atoms with van der Waals surface area (Å²) in [5.74, 6) is -2.43. The van der Waals surface area contributed by atoms with E-state index in [9.17, 15) is 14.0 Å². The van der Waals surface area contributed by atoms with Crippen molar-refractivity contribution in [2.75, 3.05) is 18.9 Å². The van der Waals surface area contributed by atoms with Crippen molar-refractivity contribution < 1.29 is 18.7 Å². The average molecular weight is 251 g/mol. The zero-order valence-electron chi connectivity index (χ0n) is 9.27. The highest BCUT2D eigenvalue weighted by Crippen LogP contribution is 2.12. The molecule has 94 valence electrons. The number of carbonyl (C=O) groups is 2. The maximum Gasteiger partial charge on any atom is 0.341 e. The van der Waals surface area contributed by atoms with Gasteiger partial charge in [0.25, 0.3) is 5.91 Å². The number of hydrogen-bond donors (Lipinski definition) is 2. The van der Waals surface area contributed by atoms with Gasteiger partial charge in [0.15, 0.2) is 6.61 Å². The van der Waals surface area contributed by atoms with Gasteiger partial charge < -0.3 is 15.8 Å². The van der Waals surface area contributed by atoms with Crippen molar-refractivity contribution in [1.82, 2.24) is 5.32 Å². The normalized spacial score (nSPS) is 9.33. The number of nitrogen functional groups attached to an aromatic ring is 1. The molecule has 3 N–H and O–H groups in total. The number of rotatable bonds is 4. The summed E-state index contributed by atoms with van der Waals surface area (Å²) in [5.41, 5.74) is 5.19. The Hall–Kier alpha value is -2.62. The summed E-state index contributed by atoms with van der Waals surface area (Å²) in [4.78, 5) is 22.4. The first-order chi connectivity index (χ1) is 8.54. The first-order valence-corrected chi connectivity index (χ1v) is 4.90. The molecular formula is C11H10FN3O3. The second kappa shape index (κ2) is 6.20. The molecule has 0 heterocycles. The van der Waals surface area contributed by atoms with Gasteiger partial charge in [0.05, 0.1) is 11.6 Å². The van der Waals surface area contributed by atoms with Crippen molar-refractivity contribution in [2.45, 2.75) is 0 Å². The number of ether oxygens (including phenoxy) is 1. The molecule has 6 nitrogen and oxygen atoms in total. The number of anilines is 1. The molecule has 0 aliphatic carbocycles. The van der Waals surface area contributed by atoms with E-state index >= 15 is 0 Å². The van der Waals surface area contributed by atoms with Crippen molar-refractivity contribution >= 4 is 17.6 Å². The van der Waals surface area contributed by atoms with E-state index in [-0.39, 0.29) is 17.8 Å². The van der Waals surface area contributed by atoms with Crippen LogP contribution in [0.3, 0.4) is 0 Å². The first kappa shape index (κ1) is 13.4. The summed E-state index contributed by atoms with van der Waals surface area (Å²) in [6.45, 7) is -0.767. The van der Waals surface area contributed by atoms with Crippen LogP contribution in [0.25, 0.3) is 0 Å². The second-order valence-corrected chi connectivity index (χ2v) is 3.25. The van der Waals surface area contributed by atoms with E-state index in [2.05, 4.69) is 10.1 Å². The molecule has 0 bridgehead atoms. The van der Waals surface area contributed by atoms with Crippen LogP contribution in [0.4, 0.5) is 10.1 Å². The minimum atomic E-state index is -0.973. The Morgan fingerprint density at radius 1 is 1.50 bits per heavy atom. The summed E-state index contributed by atoms with van der Waals surface area (Å²) in [7, 11) is 0. The van der Waals surface area contributed by atoms with Crippen LogP contribution in [0, 0.1) is 17.1 Å². The molecule has 0 spiro atoms. The molecule has 0 unspecified atom stereocenters. The monoisotopic (exact) mass is 251 g/mol. The molecule has 1 rings (SSSR count). The smallest absolute Gasteiger partial charge is 0.341 e. The highest BCUT2D eigenvalue weighted by molar-refractivity contribution is 5.91. The molecule has 0 fully saturated rings. The molecule has 0 aromatic heterocycles. The fourth-order valence-electron chi connectivity index (χ4n) is 1.09. The molecule has 0 aliphatic heterocycles. The van der Waals surface area contributed by atoms with Gasteiger partial charge in [-0.05, 0) is 18.2 Å². The lowest BCUT2D eigenvalue weighted by molar-refractivity contribution is -0.123. The highest BCUT2D eigenvalue weighted by Gasteiger charge is 2.14. The number of nitrogens with one attached hydrogen (secondary N) is 1. The number of benzene rings is 1. The molecule has 7 heteroatoms. The van der Waals surface area contributed by atoms with Crippen LogP contribution in [0.2, 0.25) is 0 Å². The predicted molar refractivity (Wildman–Crippen MR) is 59.7 cm³/mol. The second-order valence-electron chi connectivity index (χ2n) is 3.25. The molecule has 0 saturated heterocycles. The zero-order chi connectivity index (χ0) is 13.5. The van der Waals surface area contributed by atoms with Gasteiger partial charge in [0.1, 0.15) is 12.4 Å². The lowest BCUT2D eigenvalue weighted by Gasteiger charge is -2.05. The number of amides is 1. The Labute approximate surface area is 102 Å². The fraction of sp³-hybridized carbons (Fsp3) is 0.182. The lowest BCUT2D eigenvalue weighted by Crippen LogP contribution is -2.29. The summed E-state index contributed by atoms with van der Waals surface area (Å²) in [5, 5.41) is 10.4. The van der Waals surface area contributed by atoms with Gasteiger partial charge in [-0.1, -0.05) is 0 Å². The van der Waals surface area contributed by atoms with Crippen molar-refractivity contribution in [3.05, 3.63) is 29.6 Å². The summed E-state index contributed by atoms with van der Waals surface area (Å²) < 4.78 is 17.9. The first-order valence-electron chi connectivity index (χ1n) is 4.90. The van der Waals surface area contributed by atoms with Gasteiger partial charge in [-0.15, -0.1) is 0 Å². The summed E-state index contributed by atoms with van der Waals surface area (Å²) >= 11 is 0. The van der Waals surface area contributed by atoms with E-state index in [4.69, 9.17) is 11.0 Å². The van der Waals surface area contributed by atoms with Crippen LogP contribution in [0.1, 0.15) is 10.4 Å². The van der Waals surface area contributed by atoms with E-state index in [0.29, 0.717) is 0 Å².